The molecule has 7 heteroatoms. The highest BCUT2D eigenvalue weighted by Crippen LogP contribution is 2.24. The first-order valence-electron chi connectivity index (χ1n) is 9.35. The van der Waals surface area contributed by atoms with Crippen LogP contribution in [0.1, 0.15) is 5.69 Å². The lowest BCUT2D eigenvalue weighted by molar-refractivity contribution is -0.113. The molecule has 4 rings (SSSR count). The van der Waals surface area contributed by atoms with Crippen LogP contribution in [0.15, 0.2) is 84.4 Å². The molecule has 0 bridgehead atoms. The Hall–Kier alpha value is -3.58. The first kappa shape index (κ1) is 19.7. The first-order valence-corrected chi connectivity index (χ1v) is 10.3. The summed E-state index contributed by atoms with van der Waals surface area (Å²) in [4.78, 5) is 30.1. The highest BCUT2D eigenvalue weighted by molar-refractivity contribution is 8.00. The number of nitrogens with zero attached hydrogens (tertiary/aromatic N) is 4. The van der Waals surface area contributed by atoms with E-state index in [2.05, 4.69) is 43.5 Å². The third-order valence-corrected chi connectivity index (χ3v) is 5.36. The van der Waals surface area contributed by atoms with Crippen molar-refractivity contribution in [1.82, 2.24) is 19.9 Å². The summed E-state index contributed by atoms with van der Waals surface area (Å²) in [6, 6.07) is 15.8. The van der Waals surface area contributed by atoms with Crippen molar-refractivity contribution in [3.05, 3.63) is 85.2 Å². The van der Waals surface area contributed by atoms with Crippen molar-refractivity contribution in [1.29, 1.82) is 0 Å². The van der Waals surface area contributed by atoms with E-state index in [9.17, 15) is 4.79 Å². The van der Waals surface area contributed by atoms with Gasteiger partial charge in [-0.15, -0.1) is 11.8 Å². The molecule has 4 aromatic rings. The van der Waals surface area contributed by atoms with E-state index >= 15 is 0 Å². The Morgan fingerprint density at radius 2 is 1.70 bits per heavy atom. The number of pyridine rings is 2. The van der Waals surface area contributed by atoms with E-state index in [1.807, 2.05) is 37.4 Å². The average Bonchev–Trinajstić information content (AvgIpc) is 2.79. The predicted octanol–water partition coefficient (Wildman–Crippen LogP) is 4.64. The number of hydrogen-bond donors (Lipinski definition) is 1. The van der Waals surface area contributed by atoms with Gasteiger partial charge in [-0.2, -0.15) is 0 Å². The minimum absolute atomic E-state index is 0.103. The molecule has 0 fully saturated rings. The summed E-state index contributed by atoms with van der Waals surface area (Å²) >= 11 is 1.48. The molecule has 0 aliphatic heterocycles. The second-order valence-corrected chi connectivity index (χ2v) is 7.62. The Kier molecular flexibility index (Phi) is 6.10. The molecule has 0 spiro atoms. The summed E-state index contributed by atoms with van der Waals surface area (Å²) in [6.07, 6.45) is 8.41. The van der Waals surface area contributed by atoms with E-state index in [-0.39, 0.29) is 5.91 Å². The van der Waals surface area contributed by atoms with Gasteiger partial charge in [0.1, 0.15) is 5.82 Å². The summed E-state index contributed by atoms with van der Waals surface area (Å²) in [7, 11) is 0. The first-order chi connectivity index (χ1) is 14.7. The lowest BCUT2D eigenvalue weighted by Gasteiger charge is -2.07. The second-order valence-electron chi connectivity index (χ2n) is 6.57. The van der Waals surface area contributed by atoms with Crippen molar-refractivity contribution in [2.75, 3.05) is 11.1 Å². The molecule has 148 valence electrons. The van der Waals surface area contributed by atoms with Gasteiger partial charge in [0.25, 0.3) is 0 Å². The summed E-state index contributed by atoms with van der Waals surface area (Å²) in [5.41, 5.74) is 4.83. The van der Waals surface area contributed by atoms with Crippen molar-refractivity contribution in [3.63, 3.8) is 0 Å². The molecule has 3 aromatic heterocycles. The topological polar surface area (TPSA) is 80.7 Å². The van der Waals surface area contributed by atoms with Crippen LogP contribution in [0.3, 0.4) is 0 Å². The van der Waals surface area contributed by atoms with Crippen molar-refractivity contribution < 1.29 is 4.79 Å². The van der Waals surface area contributed by atoms with E-state index in [4.69, 9.17) is 0 Å². The Bertz CT molecular complexity index is 1130. The largest absolute Gasteiger partial charge is 0.310 e. The van der Waals surface area contributed by atoms with Gasteiger partial charge in [0.15, 0.2) is 0 Å². The standard InChI is InChI=1S/C23H19N5OS/c1-16-12-18(8-9-25-16)17-2-5-20(6-3-17)30-15-23(29)28-22-7-4-19(13-27-22)21-14-24-10-11-26-21/h2-14H,15H2,1H3,(H,27,28,29). The number of nitrogens with one attached hydrogen (secondary N) is 1. The van der Waals surface area contributed by atoms with E-state index in [1.54, 1.807) is 30.9 Å². The summed E-state index contributed by atoms with van der Waals surface area (Å²) in [5, 5.41) is 2.82. The van der Waals surface area contributed by atoms with Gasteiger partial charge in [0.2, 0.25) is 5.91 Å². The van der Waals surface area contributed by atoms with Crippen molar-refractivity contribution >= 4 is 23.5 Å². The van der Waals surface area contributed by atoms with Gasteiger partial charge in [-0.05, 0) is 54.4 Å². The highest BCUT2D eigenvalue weighted by atomic mass is 32.2. The summed E-state index contributed by atoms with van der Waals surface area (Å²) < 4.78 is 0. The molecule has 0 unspecified atom stereocenters. The Morgan fingerprint density at radius 3 is 2.40 bits per heavy atom. The minimum atomic E-state index is -0.103. The van der Waals surface area contributed by atoms with Crippen LogP contribution in [0.5, 0.6) is 0 Å². The van der Waals surface area contributed by atoms with Crippen molar-refractivity contribution in [3.8, 4) is 22.4 Å². The predicted molar refractivity (Wildman–Crippen MR) is 119 cm³/mol. The number of thioether (sulfide) groups is 1. The third kappa shape index (κ3) is 5.07. The molecule has 0 radical (unpaired) electrons. The van der Waals surface area contributed by atoms with E-state index < -0.39 is 0 Å². The van der Waals surface area contributed by atoms with Crippen LogP contribution in [0.2, 0.25) is 0 Å². The normalized spacial score (nSPS) is 10.6. The molecule has 6 nitrogen and oxygen atoms in total. The smallest absolute Gasteiger partial charge is 0.235 e. The third-order valence-electron chi connectivity index (χ3n) is 4.34. The fourth-order valence-electron chi connectivity index (χ4n) is 2.86. The molecule has 0 atom stereocenters. The molecule has 0 saturated carbocycles. The Balaban J connectivity index is 1.31. The number of rotatable bonds is 6. The van der Waals surface area contributed by atoms with Gasteiger partial charge in [-0.25, -0.2) is 4.98 Å². The molecule has 3 heterocycles. The van der Waals surface area contributed by atoms with Crippen LogP contribution in [-0.4, -0.2) is 31.6 Å². The number of carbonyl (C=O) groups excluding carboxylic acids is 1. The molecule has 1 aromatic carbocycles. The van der Waals surface area contributed by atoms with Crippen LogP contribution < -0.4 is 5.32 Å². The monoisotopic (exact) mass is 413 g/mol. The Labute approximate surface area is 178 Å². The number of aromatic nitrogens is 4. The molecule has 1 N–H and O–H groups in total. The van der Waals surface area contributed by atoms with Crippen LogP contribution in [0, 0.1) is 6.92 Å². The number of aryl methyl sites for hydroxylation is 1. The van der Waals surface area contributed by atoms with Gasteiger partial charge < -0.3 is 5.32 Å². The summed E-state index contributed by atoms with van der Waals surface area (Å²) in [5.74, 6) is 0.714. The van der Waals surface area contributed by atoms with E-state index in [0.29, 0.717) is 11.6 Å². The van der Waals surface area contributed by atoms with Crippen molar-refractivity contribution in [2.24, 2.45) is 0 Å². The maximum atomic E-state index is 12.3. The highest BCUT2D eigenvalue weighted by Gasteiger charge is 2.07. The van der Waals surface area contributed by atoms with Gasteiger partial charge in [-0.1, -0.05) is 12.1 Å². The van der Waals surface area contributed by atoms with Crippen molar-refractivity contribution in [2.45, 2.75) is 11.8 Å². The zero-order valence-corrected chi connectivity index (χ0v) is 17.1. The quantitative estimate of drug-likeness (QED) is 0.464. The van der Waals surface area contributed by atoms with Gasteiger partial charge in [-0.3, -0.25) is 19.7 Å². The van der Waals surface area contributed by atoms with Gasteiger partial charge in [0, 0.05) is 40.9 Å². The SMILES string of the molecule is Cc1cc(-c2ccc(SCC(=O)Nc3ccc(-c4cnccn4)cn3)cc2)ccn1. The molecule has 30 heavy (non-hydrogen) atoms. The second kappa shape index (κ2) is 9.28. The fraction of sp³-hybridized carbons (Fsp3) is 0.0870. The number of anilines is 1. The van der Waals surface area contributed by atoms with Crippen LogP contribution in [0.4, 0.5) is 5.82 Å². The van der Waals surface area contributed by atoms with Crippen LogP contribution >= 0.6 is 11.8 Å². The summed E-state index contributed by atoms with van der Waals surface area (Å²) in [6.45, 7) is 1.98. The van der Waals surface area contributed by atoms with Crippen LogP contribution in [0.25, 0.3) is 22.4 Å². The maximum Gasteiger partial charge on any atom is 0.235 e. The lowest BCUT2D eigenvalue weighted by Crippen LogP contribution is -2.14. The molecule has 0 aliphatic carbocycles. The van der Waals surface area contributed by atoms with Gasteiger partial charge >= 0.3 is 0 Å². The molecular weight excluding hydrogens is 394 g/mol. The fourth-order valence-corrected chi connectivity index (χ4v) is 3.56. The zero-order valence-electron chi connectivity index (χ0n) is 16.3. The number of benzene rings is 1. The molecule has 1 amide bonds. The Morgan fingerprint density at radius 1 is 0.867 bits per heavy atom. The van der Waals surface area contributed by atoms with E-state index in [1.165, 1.54) is 11.8 Å². The number of hydrogen-bond acceptors (Lipinski definition) is 6. The van der Waals surface area contributed by atoms with Gasteiger partial charge in [0.05, 0.1) is 17.6 Å². The minimum Gasteiger partial charge on any atom is -0.310 e. The van der Waals surface area contributed by atoms with E-state index in [0.717, 1.165) is 33.0 Å². The average molecular weight is 414 g/mol. The number of carbonyl (C=O) groups is 1. The number of amides is 1. The zero-order chi connectivity index (χ0) is 20.8. The molecule has 0 saturated heterocycles. The van der Waals surface area contributed by atoms with Crippen LogP contribution in [-0.2, 0) is 4.79 Å². The lowest BCUT2D eigenvalue weighted by atomic mass is 10.1. The molecule has 0 aliphatic rings. The molecular formula is C23H19N5OS. The maximum absolute atomic E-state index is 12.3.